The molecule has 2 nitrogen and oxygen atoms in total. The highest BCUT2D eigenvalue weighted by Gasteiger charge is 2.09. The molecule has 0 aliphatic heterocycles. The van der Waals surface area contributed by atoms with Gasteiger partial charge in [0, 0.05) is 6.08 Å². The van der Waals surface area contributed by atoms with E-state index in [0.29, 0.717) is 6.08 Å². The molecule has 0 aromatic carbocycles. The fraction of sp³-hybridized carbons (Fsp3) is 0.143. The number of halogens is 2. The lowest BCUT2D eigenvalue weighted by Crippen LogP contribution is -2.12. The summed E-state index contributed by atoms with van der Waals surface area (Å²) in [4.78, 5) is 0. The largest absolute Gasteiger partial charge is 0.487 e. The molecule has 0 bridgehead atoms. The zero-order chi connectivity index (χ0) is 9.72. The fourth-order valence-corrected chi connectivity index (χ4v) is 0.483. The first-order valence-electron chi connectivity index (χ1n) is 3.19. The third-order valence-electron chi connectivity index (χ3n) is 0.992. The Bertz CT molecular complexity index is 230. The second-order valence-electron chi connectivity index (χ2n) is 2.21. The van der Waals surface area contributed by atoms with Crippen LogP contribution in [0.5, 0.6) is 0 Å². The van der Waals surface area contributed by atoms with Crippen LogP contribution in [-0.2, 0) is 0 Å². The molecule has 0 rings (SSSR count). The lowest BCUT2D eigenvalue weighted by molar-refractivity contribution is 0.420. The highest BCUT2D eigenvalue weighted by molar-refractivity contribution is 6.51. The van der Waals surface area contributed by atoms with Gasteiger partial charge >= 0.3 is 7.12 Å². The number of allylic oxidation sites excluding steroid dienone is 5. The molecule has 0 unspecified atom stereocenters. The number of rotatable bonds is 3. The van der Waals surface area contributed by atoms with Crippen LogP contribution in [0.3, 0.4) is 0 Å². The molecular formula is C7H9BF2O2. The highest BCUT2D eigenvalue weighted by atomic mass is 19.1. The highest BCUT2D eigenvalue weighted by Crippen LogP contribution is 2.08. The third-order valence-corrected chi connectivity index (χ3v) is 0.992. The van der Waals surface area contributed by atoms with Crippen LogP contribution >= 0.6 is 0 Å². The molecule has 66 valence electrons. The van der Waals surface area contributed by atoms with E-state index in [4.69, 9.17) is 10.0 Å². The summed E-state index contributed by atoms with van der Waals surface area (Å²) >= 11 is 0. The van der Waals surface area contributed by atoms with Gasteiger partial charge in [-0.1, -0.05) is 6.58 Å². The Morgan fingerprint density at radius 3 is 2.17 bits per heavy atom. The molecule has 0 saturated heterocycles. The van der Waals surface area contributed by atoms with Crippen molar-refractivity contribution in [2.45, 2.75) is 6.92 Å². The van der Waals surface area contributed by atoms with Gasteiger partial charge in [0.1, 0.15) is 5.83 Å². The Labute approximate surface area is 69.7 Å². The molecule has 0 amide bonds. The Hall–Kier alpha value is -0.935. The van der Waals surface area contributed by atoms with E-state index >= 15 is 0 Å². The van der Waals surface area contributed by atoms with E-state index in [1.54, 1.807) is 0 Å². The van der Waals surface area contributed by atoms with Crippen LogP contribution in [0.4, 0.5) is 8.78 Å². The molecule has 0 aromatic heterocycles. The van der Waals surface area contributed by atoms with E-state index in [-0.39, 0.29) is 5.47 Å². The molecule has 5 heteroatoms. The van der Waals surface area contributed by atoms with E-state index < -0.39 is 18.8 Å². The monoisotopic (exact) mass is 174 g/mol. The molecule has 0 heterocycles. The quantitative estimate of drug-likeness (QED) is 0.499. The van der Waals surface area contributed by atoms with E-state index in [1.807, 2.05) is 0 Å². The van der Waals surface area contributed by atoms with Crippen molar-refractivity contribution < 1.29 is 18.8 Å². The SMILES string of the molecule is C=C(/C=C(F)\C=C(/C)F)B(O)O. The van der Waals surface area contributed by atoms with Gasteiger partial charge in [-0.15, -0.1) is 0 Å². The summed E-state index contributed by atoms with van der Waals surface area (Å²) in [5.41, 5.74) is -0.231. The van der Waals surface area contributed by atoms with Gasteiger partial charge in [0.15, 0.2) is 0 Å². The molecule has 0 saturated carbocycles. The van der Waals surface area contributed by atoms with Crippen molar-refractivity contribution in [3.05, 3.63) is 35.9 Å². The lowest BCUT2D eigenvalue weighted by atomic mass is 9.80. The van der Waals surface area contributed by atoms with Gasteiger partial charge in [-0.25, -0.2) is 8.78 Å². The van der Waals surface area contributed by atoms with Crippen LogP contribution in [0.15, 0.2) is 35.9 Å². The summed E-state index contributed by atoms with van der Waals surface area (Å²) in [7, 11) is -1.82. The Balaban J connectivity index is 4.37. The molecule has 0 aromatic rings. The van der Waals surface area contributed by atoms with Gasteiger partial charge < -0.3 is 10.0 Å². The normalized spacial score (nSPS) is 13.1. The molecule has 0 spiro atoms. The molecule has 0 radical (unpaired) electrons. The third kappa shape index (κ3) is 4.82. The Kier molecular flexibility index (Phi) is 4.47. The second kappa shape index (κ2) is 4.85. The fourth-order valence-electron chi connectivity index (χ4n) is 0.483. The van der Waals surface area contributed by atoms with Crippen LogP contribution < -0.4 is 0 Å². The summed E-state index contributed by atoms with van der Waals surface area (Å²) in [6.45, 7) is 4.21. The average Bonchev–Trinajstić information content (AvgIpc) is 1.84. The summed E-state index contributed by atoms with van der Waals surface area (Å²) in [6, 6.07) is 0. The van der Waals surface area contributed by atoms with Crippen LogP contribution in [-0.4, -0.2) is 17.2 Å². The average molecular weight is 174 g/mol. The van der Waals surface area contributed by atoms with Crippen molar-refractivity contribution in [1.82, 2.24) is 0 Å². The van der Waals surface area contributed by atoms with Crippen molar-refractivity contribution in [2.75, 3.05) is 0 Å². The standard InChI is InChI=1S/C7H9BF2O2/c1-5(8(11)12)3-7(10)4-6(2)9/h3-4,11-12H,1H2,2H3/b6-4+,7-3+. The van der Waals surface area contributed by atoms with Crippen molar-refractivity contribution in [3.8, 4) is 0 Å². The minimum Gasteiger partial charge on any atom is -0.423 e. The molecule has 0 aliphatic rings. The first kappa shape index (κ1) is 11.1. The van der Waals surface area contributed by atoms with Crippen LogP contribution in [0.2, 0.25) is 0 Å². The van der Waals surface area contributed by atoms with Crippen molar-refractivity contribution in [3.63, 3.8) is 0 Å². The van der Waals surface area contributed by atoms with Gasteiger partial charge in [-0.2, -0.15) is 0 Å². The predicted octanol–water partition coefficient (Wildman–Crippen LogP) is 1.28. The number of hydrogen-bond donors (Lipinski definition) is 2. The molecular weight excluding hydrogens is 165 g/mol. The zero-order valence-corrected chi connectivity index (χ0v) is 6.59. The van der Waals surface area contributed by atoms with Crippen LogP contribution in [0, 0.1) is 0 Å². The van der Waals surface area contributed by atoms with Crippen molar-refractivity contribution >= 4 is 7.12 Å². The Morgan fingerprint density at radius 2 is 1.83 bits per heavy atom. The molecule has 12 heavy (non-hydrogen) atoms. The minimum atomic E-state index is -1.82. The summed E-state index contributed by atoms with van der Waals surface area (Å²) < 4.78 is 24.6. The van der Waals surface area contributed by atoms with E-state index in [2.05, 4.69) is 6.58 Å². The predicted molar refractivity (Wildman–Crippen MR) is 43.4 cm³/mol. The van der Waals surface area contributed by atoms with E-state index in [9.17, 15) is 8.78 Å². The molecule has 0 atom stereocenters. The zero-order valence-electron chi connectivity index (χ0n) is 6.59. The van der Waals surface area contributed by atoms with Crippen LogP contribution in [0.25, 0.3) is 0 Å². The summed E-state index contributed by atoms with van der Waals surface area (Å²) in [5, 5.41) is 16.9. The first-order chi connectivity index (χ1) is 5.43. The molecule has 2 N–H and O–H groups in total. The summed E-state index contributed by atoms with van der Waals surface area (Å²) in [6.07, 6.45) is 1.36. The van der Waals surface area contributed by atoms with Gasteiger partial charge in [0.25, 0.3) is 0 Å². The van der Waals surface area contributed by atoms with Gasteiger partial charge in [0.2, 0.25) is 0 Å². The maximum Gasteiger partial charge on any atom is 0.487 e. The van der Waals surface area contributed by atoms with Crippen LogP contribution in [0.1, 0.15) is 6.92 Å². The first-order valence-corrected chi connectivity index (χ1v) is 3.19. The minimum absolute atomic E-state index is 0.231. The second-order valence-corrected chi connectivity index (χ2v) is 2.21. The van der Waals surface area contributed by atoms with Gasteiger partial charge in [-0.3, -0.25) is 0 Å². The van der Waals surface area contributed by atoms with E-state index in [0.717, 1.165) is 13.0 Å². The number of hydrogen-bond acceptors (Lipinski definition) is 2. The van der Waals surface area contributed by atoms with Crippen molar-refractivity contribution in [2.24, 2.45) is 0 Å². The maximum atomic E-state index is 12.5. The topological polar surface area (TPSA) is 40.5 Å². The summed E-state index contributed by atoms with van der Waals surface area (Å²) in [5.74, 6) is -1.61. The lowest BCUT2D eigenvalue weighted by Gasteiger charge is -1.95. The molecule has 0 aliphatic carbocycles. The van der Waals surface area contributed by atoms with Gasteiger partial charge in [0.05, 0.1) is 5.83 Å². The molecule has 0 fully saturated rings. The van der Waals surface area contributed by atoms with Crippen molar-refractivity contribution in [1.29, 1.82) is 0 Å². The van der Waals surface area contributed by atoms with Gasteiger partial charge in [-0.05, 0) is 18.5 Å². The van der Waals surface area contributed by atoms with E-state index in [1.165, 1.54) is 0 Å². The Morgan fingerprint density at radius 1 is 1.33 bits per heavy atom. The smallest absolute Gasteiger partial charge is 0.423 e. The maximum absolute atomic E-state index is 12.5.